The number of fused-ring (bicyclic) bond motifs is 1. The van der Waals surface area contributed by atoms with Crippen molar-refractivity contribution in [3.8, 4) is 23.0 Å². The molecule has 1 aromatic heterocycles. The van der Waals surface area contributed by atoms with Gasteiger partial charge in [-0.15, -0.1) is 0 Å². The maximum Gasteiger partial charge on any atom is 0.338 e. The van der Waals surface area contributed by atoms with Crippen LogP contribution in [-0.4, -0.2) is 38.0 Å². The molecule has 0 N–H and O–H groups in total. The number of esters is 1. The van der Waals surface area contributed by atoms with Gasteiger partial charge in [0.1, 0.15) is 6.61 Å². The fourth-order valence-corrected chi connectivity index (χ4v) is 6.94. The van der Waals surface area contributed by atoms with E-state index in [9.17, 15) is 9.59 Å². The highest BCUT2D eigenvalue weighted by molar-refractivity contribution is 9.10. The lowest BCUT2D eigenvalue weighted by molar-refractivity contribution is -0.138. The van der Waals surface area contributed by atoms with Crippen LogP contribution >= 0.6 is 27.3 Å². The molecule has 0 unspecified atom stereocenters. The molecule has 0 radical (unpaired) electrons. The molecular formula is C39H35BrN2O7S. The summed E-state index contributed by atoms with van der Waals surface area (Å²) in [4.78, 5) is 33.6. The molecular weight excluding hydrogens is 720 g/mol. The third kappa shape index (κ3) is 7.24. The van der Waals surface area contributed by atoms with E-state index in [1.54, 1.807) is 36.8 Å². The van der Waals surface area contributed by atoms with Gasteiger partial charge in [0.15, 0.2) is 27.8 Å². The highest BCUT2D eigenvalue weighted by atomic mass is 79.9. The number of thiazole rings is 1. The minimum Gasteiger partial charge on any atom is -0.493 e. The average molecular weight is 756 g/mol. The number of hydrogen-bond acceptors (Lipinski definition) is 9. The van der Waals surface area contributed by atoms with E-state index in [1.807, 2.05) is 85.8 Å². The van der Waals surface area contributed by atoms with E-state index in [0.717, 1.165) is 21.2 Å². The fraction of sp³-hybridized carbons (Fsp3) is 0.205. The summed E-state index contributed by atoms with van der Waals surface area (Å²) < 4.78 is 31.7. The second-order valence-electron chi connectivity index (χ2n) is 11.1. The van der Waals surface area contributed by atoms with Crippen molar-refractivity contribution < 1.29 is 28.5 Å². The summed E-state index contributed by atoms with van der Waals surface area (Å²) in [6.07, 6.45) is 1.80. The van der Waals surface area contributed by atoms with Crippen molar-refractivity contribution in [3.63, 3.8) is 0 Å². The Labute approximate surface area is 301 Å². The Hall–Kier alpha value is -5.13. The third-order valence-electron chi connectivity index (χ3n) is 7.97. The Morgan fingerprint density at radius 1 is 0.860 bits per heavy atom. The highest BCUT2D eigenvalue weighted by Crippen LogP contribution is 2.38. The molecule has 4 aromatic carbocycles. The number of nitrogens with zero attached hydrogens (tertiary/aromatic N) is 2. The number of carbonyl (C=O) groups is 1. The summed E-state index contributed by atoms with van der Waals surface area (Å²) in [5.41, 5.74) is 3.48. The van der Waals surface area contributed by atoms with Gasteiger partial charge in [-0.05, 0) is 73.0 Å². The normalized spacial score (nSPS) is 14.1. The van der Waals surface area contributed by atoms with Gasteiger partial charge in [-0.1, -0.05) is 81.9 Å². The second kappa shape index (κ2) is 15.6. The van der Waals surface area contributed by atoms with Crippen LogP contribution in [0.5, 0.6) is 23.0 Å². The number of hydrogen-bond donors (Lipinski definition) is 0. The first kappa shape index (κ1) is 34.7. The van der Waals surface area contributed by atoms with Crippen LogP contribution in [0.2, 0.25) is 0 Å². The van der Waals surface area contributed by atoms with Crippen LogP contribution in [0.25, 0.3) is 11.8 Å². The lowest BCUT2D eigenvalue weighted by atomic mass is 9.93. The maximum atomic E-state index is 14.4. The van der Waals surface area contributed by atoms with Crippen LogP contribution in [0.3, 0.4) is 0 Å². The first-order chi connectivity index (χ1) is 24.3. The van der Waals surface area contributed by atoms with Crippen LogP contribution in [-0.2, 0) is 16.1 Å². The summed E-state index contributed by atoms with van der Waals surface area (Å²) in [5.74, 6) is 1.56. The predicted octanol–water partition coefficient (Wildman–Crippen LogP) is 6.69. The van der Waals surface area contributed by atoms with E-state index < -0.39 is 12.0 Å². The van der Waals surface area contributed by atoms with Crippen LogP contribution in [0.1, 0.15) is 42.1 Å². The summed E-state index contributed by atoms with van der Waals surface area (Å²) in [6.45, 7) is 4.61. The van der Waals surface area contributed by atoms with Gasteiger partial charge in [0.05, 0.1) is 49.3 Å². The molecule has 50 heavy (non-hydrogen) atoms. The predicted molar refractivity (Wildman–Crippen MR) is 197 cm³/mol. The second-order valence-corrected chi connectivity index (χ2v) is 13.0. The van der Waals surface area contributed by atoms with E-state index in [4.69, 9.17) is 28.7 Å². The van der Waals surface area contributed by atoms with Crippen LogP contribution in [0.15, 0.2) is 111 Å². The van der Waals surface area contributed by atoms with Gasteiger partial charge in [-0.25, -0.2) is 9.79 Å². The molecule has 2 heterocycles. The number of methoxy groups -OCH3 is 2. The Balaban J connectivity index is 1.50. The lowest BCUT2D eigenvalue weighted by Gasteiger charge is -2.26. The zero-order valence-corrected chi connectivity index (χ0v) is 30.4. The molecule has 0 saturated heterocycles. The zero-order valence-electron chi connectivity index (χ0n) is 28.0. The Morgan fingerprint density at radius 2 is 1.60 bits per heavy atom. The molecule has 1 atom stereocenters. The summed E-state index contributed by atoms with van der Waals surface area (Å²) in [5, 5.41) is 0. The molecule has 0 aliphatic carbocycles. The van der Waals surface area contributed by atoms with E-state index in [2.05, 4.69) is 15.9 Å². The van der Waals surface area contributed by atoms with E-state index in [-0.39, 0.29) is 17.7 Å². The van der Waals surface area contributed by atoms with Crippen LogP contribution < -0.4 is 33.8 Å². The van der Waals surface area contributed by atoms with E-state index in [0.29, 0.717) is 56.8 Å². The molecule has 0 fully saturated rings. The fourth-order valence-electron chi connectivity index (χ4n) is 5.67. The molecule has 5 aromatic rings. The van der Waals surface area contributed by atoms with Crippen molar-refractivity contribution in [2.24, 2.45) is 4.99 Å². The van der Waals surface area contributed by atoms with Crippen molar-refractivity contribution in [1.29, 1.82) is 0 Å². The molecule has 0 saturated carbocycles. The Morgan fingerprint density at radius 3 is 2.30 bits per heavy atom. The van der Waals surface area contributed by atoms with Crippen molar-refractivity contribution in [1.82, 2.24) is 4.57 Å². The number of carbonyl (C=O) groups excluding carboxylic acids is 1. The van der Waals surface area contributed by atoms with Crippen LogP contribution in [0.4, 0.5) is 0 Å². The number of aromatic nitrogens is 1. The van der Waals surface area contributed by atoms with E-state index in [1.165, 1.54) is 18.4 Å². The first-order valence-electron chi connectivity index (χ1n) is 16.0. The highest BCUT2D eigenvalue weighted by Gasteiger charge is 2.35. The molecule has 1 aliphatic rings. The Bertz CT molecular complexity index is 2230. The van der Waals surface area contributed by atoms with Gasteiger partial charge in [-0.3, -0.25) is 9.36 Å². The van der Waals surface area contributed by atoms with Gasteiger partial charge >= 0.3 is 5.97 Å². The quantitative estimate of drug-likeness (QED) is 0.131. The van der Waals surface area contributed by atoms with Gasteiger partial charge in [0, 0.05) is 10.0 Å². The number of benzene rings is 4. The van der Waals surface area contributed by atoms with Gasteiger partial charge in [0.25, 0.3) is 5.56 Å². The minimum atomic E-state index is -0.865. The monoisotopic (exact) mass is 754 g/mol. The largest absolute Gasteiger partial charge is 0.493 e. The lowest BCUT2D eigenvalue weighted by Crippen LogP contribution is -2.40. The molecule has 1 aliphatic heterocycles. The van der Waals surface area contributed by atoms with Gasteiger partial charge < -0.3 is 23.7 Å². The van der Waals surface area contributed by atoms with Crippen molar-refractivity contribution >= 4 is 45.0 Å². The number of rotatable bonds is 12. The average Bonchev–Trinajstić information content (AvgIpc) is 3.45. The van der Waals surface area contributed by atoms with Crippen molar-refractivity contribution in [3.05, 3.63) is 143 Å². The molecule has 0 spiro atoms. The first-order valence-corrected chi connectivity index (χ1v) is 17.6. The summed E-state index contributed by atoms with van der Waals surface area (Å²) in [6, 6.07) is 27.4. The third-order valence-corrected chi connectivity index (χ3v) is 9.48. The standard InChI is InChI=1S/C39H35BrN2O7S/c1-5-47-32-20-25(14-18-30(32)49-23-24-12-16-28(40)17-13-24)21-33-37(43)42-36(27-15-19-29(45-3)31(22-27)46-4)34(38(44)48-6-2)35(41-39(42)50-33)26-10-8-7-9-11-26/h7-22,36H,5-6,23H2,1-4H3/b33-21-/t36-/m0/s1. The molecule has 0 amide bonds. The van der Waals surface area contributed by atoms with Crippen molar-refractivity contribution in [2.75, 3.05) is 27.4 Å². The number of ether oxygens (including phenoxy) is 5. The van der Waals surface area contributed by atoms with Gasteiger partial charge in [-0.2, -0.15) is 0 Å². The molecule has 0 bridgehead atoms. The van der Waals surface area contributed by atoms with Gasteiger partial charge in [0.2, 0.25) is 0 Å². The topological polar surface area (TPSA) is 97.6 Å². The maximum absolute atomic E-state index is 14.4. The molecule has 9 nitrogen and oxygen atoms in total. The number of halogens is 1. The zero-order chi connectivity index (χ0) is 35.2. The minimum absolute atomic E-state index is 0.151. The molecule has 256 valence electrons. The smallest absolute Gasteiger partial charge is 0.338 e. The Kier molecular flexibility index (Phi) is 10.8. The molecule has 6 rings (SSSR count). The van der Waals surface area contributed by atoms with E-state index >= 15 is 0 Å². The van der Waals surface area contributed by atoms with Crippen molar-refractivity contribution in [2.45, 2.75) is 26.5 Å². The summed E-state index contributed by atoms with van der Waals surface area (Å²) in [7, 11) is 3.09. The van der Waals surface area contributed by atoms with Crippen LogP contribution in [0, 0.1) is 0 Å². The molecule has 11 heteroatoms. The summed E-state index contributed by atoms with van der Waals surface area (Å²) >= 11 is 4.70. The SMILES string of the molecule is CCOC(=O)C1=C(c2ccccc2)N=c2s/c(=C\c3ccc(OCc4ccc(Br)cc4)c(OCC)c3)c(=O)n2[C@H]1c1ccc(OC)c(OC)c1.